The van der Waals surface area contributed by atoms with Gasteiger partial charge in [0.05, 0.1) is 6.10 Å². The largest absolute Gasteiger partial charge is 0.393 e. The molecule has 0 spiro atoms. The number of piperidine rings is 1. The quantitative estimate of drug-likeness (QED) is 0.514. The minimum absolute atomic E-state index is 0.165. The van der Waals surface area contributed by atoms with Crippen molar-refractivity contribution in [1.82, 2.24) is 24.7 Å². The van der Waals surface area contributed by atoms with E-state index < -0.39 is 0 Å². The molecule has 9 heteroatoms. The SMILES string of the molecule is CC1CN(c2nc(NN)nc(-n3cccn3)n2)CCC1O. The van der Waals surface area contributed by atoms with Gasteiger partial charge in [-0.05, 0) is 18.4 Å². The third-order valence-corrected chi connectivity index (χ3v) is 3.59. The average molecular weight is 290 g/mol. The number of nitrogens with one attached hydrogen (secondary N) is 1. The topological polar surface area (TPSA) is 118 Å². The molecule has 0 aromatic carbocycles. The number of hydrogen-bond acceptors (Lipinski definition) is 8. The van der Waals surface area contributed by atoms with Crippen LogP contribution in [0, 0.1) is 5.92 Å². The number of nitrogen functional groups attached to an aromatic ring is 1. The average Bonchev–Trinajstić information content (AvgIpc) is 3.04. The Morgan fingerprint density at radius 2 is 2.14 bits per heavy atom. The Labute approximate surface area is 121 Å². The molecule has 1 aliphatic rings. The van der Waals surface area contributed by atoms with E-state index in [9.17, 15) is 5.11 Å². The van der Waals surface area contributed by atoms with Crippen LogP contribution in [0.5, 0.6) is 0 Å². The maximum absolute atomic E-state index is 9.82. The second-order valence-corrected chi connectivity index (χ2v) is 5.13. The van der Waals surface area contributed by atoms with Crippen LogP contribution in [0.3, 0.4) is 0 Å². The standard InChI is InChI=1S/C12H18N8O/c1-8-7-19(6-3-9(8)21)11-15-10(18-13)16-12(17-11)20-5-2-4-14-20/h2,4-5,8-9,21H,3,6-7,13H2,1H3,(H,15,16,17,18). The van der Waals surface area contributed by atoms with Crippen LogP contribution in [-0.2, 0) is 0 Å². The van der Waals surface area contributed by atoms with Crippen molar-refractivity contribution in [2.75, 3.05) is 23.4 Å². The third kappa shape index (κ3) is 2.78. The zero-order valence-corrected chi connectivity index (χ0v) is 11.7. The number of aromatic nitrogens is 5. The highest BCUT2D eigenvalue weighted by Gasteiger charge is 2.26. The second-order valence-electron chi connectivity index (χ2n) is 5.13. The Balaban J connectivity index is 1.93. The number of hydrazine groups is 1. The summed E-state index contributed by atoms with van der Waals surface area (Å²) in [7, 11) is 0. The fraction of sp³-hybridized carbons (Fsp3) is 0.500. The van der Waals surface area contributed by atoms with Gasteiger partial charge in [-0.1, -0.05) is 6.92 Å². The summed E-state index contributed by atoms with van der Waals surface area (Å²) in [5.41, 5.74) is 2.45. The van der Waals surface area contributed by atoms with Gasteiger partial charge in [-0.2, -0.15) is 20.1 Å². The summed E-state index contributed by atoms with van der Waals surface area (Å²) in [5.74, 6) is 6.80. The Bertz CT molecular complexity index is 601. The van der Waals surface area contributed by atoms with Gasteiger partial charge in [0.2, 0.25) is 11.9 Å². The minimum atomic E-state index is -0.277. The zero-order valence-electron chi connectivity index (χ0n) is 11.7. The first-order chi connectivity index (χ1) is 10.2. The molecule has 0 saturated carbocycles. The number of nitrogens with two attached hydrogens (primary N) is 1. The maximum Gasteiger partial charge on any atom is 0.257 e. The van der Waals surface area contributed by atoms with Crippen LogP contribution < -0.4 is 16.2 Å². The molecular weight excluding hydrogens is 272 g/mol. The van der Waals surface area contributed by atoms with Gasteiger partial charge in [-0.25, -0.2) is 10.5 Å². The Morgan fingerprint density at radius 3 is 2.81 bits per heavy atom. The first-order valence-electron chi connectivity index (χ1n) is 6.83. The van der Waals surface area contributed by atoms with E-state index in [0.29, 0.717) is 31.4 Å². The van der Waals surface area contributed by atoms with Crippen LogP contribution in [0.1, 0.15) is 13.3 Å². The molecule has 21 heavy (non-hydrogen) atoms. The Kier molecular flexibility index (Phi) is 3.67. The lowest BCUT2D eigenvalue weighted by molar-refractivity contribution is 0.0966. The van der Waals surface area contributed by atoms with Gasteiger partial charge in [0.25, 0.3) is 5.95 Å². The smallest absolute Gasteiger partial charge is 0.257 e. The van der Waals surface area contributed by atoms with Crippen LogP contribution in [0.15, 0.2) is 18.5 Å². The van der Waals surface area contributed by atoms with Gasteiger partial charge in [-0.15, -0.1) is 0 Å². The molecule has 1 aliphatic heterocycles. The molecule has 0 bridgehead atoms. The van der Waals surface area contributed by atoms with Crippen molar-refractivity contribution >= 4 is 11.9 Å². The van der Waals surface area contributed by atoms with Crippen LogP contribution in [-0.4, -0.2) is 49.0 Å². The molecule has 0 radical (unpaired) electrons. The molecule has 0 aliphatic carbocycles. The predicted octanol–water partition coefficient (Wildman–Crippen LogP) is -0.450. The molecular formula is C12H18N8O. The summed E-state index contributed by atoms with van der Waals surface area (Å²) in [5, 5.41) is 13.9. The Hall–Kier alpha value is -2.26. The van der Waals surface area contributed by atoms with E-state index in [-0.39, 0.29) is 18.0 Å². The van der Waals surface area contributed by atoms with Crippen LogP contribution in [0.2, 0.25) is 0 Å². The van der Waals surface area contributed by atoms with Gasteiger partial charge in [0.1, 0.15) is 0 Å². The summed E-state index contributed by atoms with van der Waals surface area (Å²) < 4.78 is 1.55. The number of aliphatic hydroxyl groups is 1. The van der Waals surface area contributed by atoms with E-state index in [0.717, 1.165) is 0 Å². The molecule has 1 fully saturated rings. The summed E-state index contributed by atoms with van der Waals surface area (Å²) in [6.45, 7) is 3.39. The normalized spacial score (nSPS) is 22.3. The van der Waals surface area contributed by atoms with Gasteiger partial charge in [-0.3, -0.25) is 5.43 Å². The van der Waals surface area contributed by atoms with Crippen molar-refractivity contribution in [2.24, 2.45) is 11.8 Å². The van der Waals surface area contributed by atoms with E-state index in [1.54, 1.807) is 23.1 Å². The second kappa shape index (κ2) is 5.62. The predicted molar refractivity (Wildman–Crippen MR) is 76.8 cm³/mol. The zero-order chi connectivity index (χ0) is 14.8. The van der Waals surface area contributed by atoms with Crippen molar-refractivity contribution in [1.29, 1.82) is 0 Å². The fourth-order valence-corrected chi connectivity index (χ4v) is 2.36. The molecule has 2 atom stereocenters. The van der Waals surface area contributed by atoms with E-state index in [1.807, 2.05) is 11.8 Å². The first kappa shape index (κ1) is 13.7. The summed E-state index contributed by atoms with van der Waals surface area (Å²) in [6.07, 6.45) is 3.82. The lowest BCUT2D eigenvalue weighted by Crippen LogP contribution is -2.43. The summed E-state index contributed by atoms with van der Waals surface area (Å²) in [6, 6.07) is 1.79. The highest BCUT2D eigenvalue weighted by atomic mass is 16.3. The van der Waals surface area contributed by atoms with Crippen molar-refractivity contribution in [2.45, 2.75) is 19.4 Å². The van der Waals surface area contributed by atoms with Crippen molar-refractivity contribution < 1.29 is 5.11 Å². The van der Waals surface area contributed by atoms with E-state index in [4.69, 9.17) is 5.84 Å². The third-order valence-electron chi connectivity index (χ3n) is 3.59. The van der Waals surface area contributed by atoms with Gasteiger partial charge < -0.3 is 10.0 Å². The van der Waals surface area contributed by atoms with Gasteiger partial charge in [0.15, 0.2) is 0 Å². The molecule has 4 N–H and O–H groups in total. The highest BCUT2D eigenvalue weighted by molar-refractivity contribution is 5.40. The summed E-state index contributed by atoms with van der Waals surface area (Å²) in [4.78, 5) is 14.9. The fourth-order valence-electron chi connectivity index (χ4n) is 2.36. The molecule has 9 nitrogen and oxygen atoms in total. The number of rotatable bonds is 3. The van der Waals surface area contributed by atoms with Crippen LogP contribution in [0.25, 0.3) is 5.95 Å². The van der Waals surface area contributed by atoms with Gasteiger partial charge in [0, 0.05) is 25.5 Å². The molecule has 0 amide bonds. The van der Waals surface area contributed by atoms with E-state index in [2.05, 4.69) is 25.5 Å². The van der Waals surface area contributed by atoms with Crippen molar-refractivity contribution in [3.63, 3.8) is 0 Å². The van der Waals surface area contributed by atoms with Crippen molar-refractivity contribution in [3.8, 4) is 5.95 Å². The number of hydrogen-bond donors (Lipinski definition) is 3. The van der Waals surface area contributed by atoms with E-state index >= 15 is 0 Å². The van der Waals surface area contributed by atoms with E-state index in [1.165, 1.54) is 0 Å². The molecule has 3 rings (SSSR count). The molecule has 2 unspecified atom stereocenters. The Morgan fingerprint density at radius 1 is 1.33 bits per heavy atom. The first-order valence-corrected chi connectivity index (χ1v) is 6.83. The van der Waals surface area contributed by atoms with Crippen LogP contribution in [0.4, 0.5) is 11.9 Å². The number of anilines is 2. The molecule has 112 valence electrons. The van der Waals surface area contributed by atoms with Crippen molar-refractivity contribution in [3.05, 3.63) is 18.5 Å². The molecule has 2 aromatic rings. The highest BCUT2D eigenvalue weighted by Crippen LogP contribution is 2.21. The van der Waals surface area contributed by atoms with Gasteiger partial charge >= 0.3 is 0 Å². The molecule has 3 heterocycles. The van der Waals surface area contributed by atoms with Crippen LogP contribution >= 0.6 is 0 Å². The number of aliphatic hydroxyl groups excluding tert-OH is 1. The number of nitrogens with zero attached hydrogens (tertiary/aromatic N) is 6. The monoisotopic (exact) mass is 290 g/mol. The molecule has 1 saturated heterocycles. The lowest BCUT2D eigenvalue weighted by atomic mass is 9.97. The minimum Gasteiger partial charge on any atom is -0.393 e. The molecule has 2 aromatic heterocycles. The maximum atomic E-state index is 9.82. The summed E-state index contributed by atoms with van der Waals surface area (Å²) >= 11 is 0. The lowest BCUT2D eigenvalue weighted by Gasteiger charge is -2.34.